The Morgan fingerprint density at radius 3 is 2.94 bits per heavy atom. The summed E-state index contributed by atoms with van der Waals surface area (Å²) in [6.45, 7) is 0.677. The van der Waals surface area contributed by atoms with Crippen LogP contribution in [-0.4, -0.2) is 17.4 Å². The van der Waals surface area contributed by atoms with Crippen molar-refractivity contribution in [2.75, 3.05) is 11.9 Å². The monoisotopic (exact) mass is 241 g/mol. The van der Waals surface area contributed by atoms with Crippen LogP contribution in [0.1, 0.15) is 25.7 Å². The maximum absolute atomic E-state index is 11.5. The molecule has 0 aliphatic rings. The minimum absolute atomic E-state index is 0.0353. The molecule has 1 aromatic heterocycles. The zero-order valence-electron chi connectivity index (χ0n) is 9.08. The summed E-state index contributed by atoms with van der Waals surface area (Å²) < 4.78 is 0. The molecule has 0 bridgehead atoms. The van der Waals surface area contributed by atoms with Gasteiger partial charge in [0.1, 0.15) is 0 Å². The Balaban J connectivity index is 2.32. The molecule has 0 atom stereocenters. The molecule has 0 unspecified atom stereocenters. The first-order valence-electron chi connectivity index (χ1n) is 5.33. The molecule has 0 fully saturated rings. The van der Waals surface area contributed by atoms with Gasteiger partial charge in [0.25, 0.3) is 0 Å². The van der Waals surface area contributed by atoms with Gasteiger partial charge in [0.2, 0.25) is 5.91 Å². The predicted octanol–water partition coefficient (Wildman–Crippen LogP) is 2.19. The number of unbranched alkanes of at least 4 members (excludes halogenated alkanes) is 2. The summed E-state index contributed by atoms with van der Waals surface area (Å²) in [4.78, 5) is 15.4. The lowest BCUT2D eigenvalue weighted by Crippen LogP contribution is -2.11. The molecule has 0 spiro atoms. The third-order valence-corrected chi connectivity index (χ3v) is 2.48. The number of nitrogens with zero attached hydrogens (tertiary/aromatic N) is 1. The fraction of sp³-hybridized carbons (Fsp3) is 0.455. The third kappa shape index (κ3) is 4.59. The normalized spacial score (nSPS) is 10.1. The zero-order valence-corrected chi connectivity index (χ0v) is 9.83. The molecular weight excluding hydrogens is 226 g/mol. The van der Waals surface area contributed by atoms with E-state index < -0.39 is 0 Å². The lowest BCUT2D eigenvalue weighted by Gasteiger charge is -2.05. The van der Waals surface area contributed by atoms with Crippen LogP contribution in [0, 0.1) is 0 Å². The number of pyridine rings is 1. The zero-order chi connectivity index (χ0) is 11.8. The first-order valence-corrected chi connectivity index (χ1v) is 5.71. The Morgan fingerprint density at radius 2 is 2.25 bits per heavy atom. The Hall–Kier alpha value is -1.13. The minimum atomic E-state index is -0.0353. The highest BCUT2D eigenvalue weighted by atomic mass is 35.5. The molecule has 3 N–H and O–H groups in total. The lowest BCUT2D eigenvalue weighted by atomic mass is 10.2. The van der Waals surface area contributed by atoms with Crippen molar-refractivity contribution in [2.24, 2.45) is 5.73 Å². The number of aromatic nitrogens is 1. The number of nitrogens with one attached hydrogen (secondary N) is 1. The van der Waals surface area contributed by atoms with Gasteiger partial charge in [0, 0.05) is 12.6 Å². The third-order valence-electron chi connectivity index (χ3n) is 2.15. The SMILES string of the molecule is NCCCCCC(=O)Nc1cnccc1Cl. The minimum Gasteiger partial charge on any atom is -0.330 e. The van der Waals surface area contributed by atoms with Crippen molar-refractivity contribution in [1.82, 2.24) is 4.98 Å². The van der Waals surface area contributed by atoms with E-state index in [1.165, 1.54) is 0 Å². The van der Waals surface area contributed by atoms with Gasteiger partial charge in [-0.3, -0.25) is 9.78 Å². The van der Waals surface area contributed by atoms with Gasteiger partial charge in [-0.1, -0.05) is 18.0 Å². The summed E-state index contributed by atoms with van der Waals surface area (Å²) in [5.41, 5.74) is 5.93. The van der Waals surface area contributed by atoms with Gasteiger partial charge >= 0.3 is 0 Å². The maximum atomic E-state index is 11.5. The average Bonchev–Trinajstić information content (AvgIpc) is 2.28. The molecule has 0 aromatic carbocycles. The quantitative estimate of drug-likeness (QED) is 0.751. The Bertz CT molecular complexity index is 344. The van der Waals surface area contributed by atoms with Crippen molar-refractivity contribution in [3.05, 3.63) is 23.5 Å². The van der Waals surface area contributed by atoms with Crippen molar-refractivity contribution >= 4 is 23.2 Å². The van der Waals surface area contributed by atoms with Gasteiger partial charge in [-0.05, 0) is 25.5 Å². The molecule has 4 nitrogen and oxygen atoms in total. The molecule has 1 aromatic rings. The summed E-state index contributed by atoms with van der Waals surface area (Å²) in [6.07, 6.45) is 6.40. The second kappa shape index (κ2) is 7.19. The average molecular weight is 242 g/mol. The van der Waals surface area contributed by atoms with Crippen LogP contribution in [0.25, 0.3) is 0 Å². The molecule has 0 saturated carbocycles. The topological polar surface area (TPSA) is 68.0 Å². The number of carbonyl (C=O) groups excluding carboxylic acids is 1. The first-order chi connectivity index (χ1) is 7.74. The summed E-state index contributed by atoms with van der Waals surface area (Å²) in [5.74, 6) is -0.0353. The number of hydrogen-bond donors (Lipinski definition) is 2. The van der Waals surface area contributed by atoms with E-state index in [9.17, 15) is 4.79 Å². The highest BCUT2D eigenvalue weighted by Gasteiger charge is 2.04. The van der Waals surface area contributed by atoms with E-state index >= 15 is 0 Å². The maximum Gasteiger partial charge on any atom is 0.224 e. The van der Waals surface area contributed by atoms with Crippen LogP contribution in [0.4, 0.5) is 5.69 Å². The highest BCUT2D eigenvalue weighted by molar-refractivity contribution is 6.33. The van der Waals surface area contributed by atoms with Crippen LogP contribution >= 0.6 is 11.6 Å². The van der Waals surface area contributed by atoms with Crippen molar-refractivity contribution in [3.8, 4) is 0 Å². The van der Waals surface area contributed by atoms with E-state index in [0.29, 0.717) is 23.7 Å². The molecule has 0 radical (unpaired) electrons. The molecule has 1 amide bonds. The summed E-state index contributed by atoms with van der Waals surface area (Å²) in [6, 6.07) is 1.64. The number of halogens is 1. The van der Waals surface area contributed by atoms with Crippen LogP contribution in [-0.2, 0) is 4.79 Å². The summed E-state index contributed by atoms with van der Waals surface area (Å²) in [7, 11) is 0. The van der Waals surface area contributed by atoms with E-state index in [2.05, 4.69) is 10.3 Å². The van der Waals surface area contributed by atoms with Crippen LogP contribution in [0.3, 0.4) is 0 Å². The summed E-state index contributed by atoms with van der Waals surface area (Å²) in [5, 5.41) is 3.23. The Kier molecular flexibility index (Phi) is 5.82. The van der Waals surface area contributed by atoms with Gasteiger partial charge in [0.15, 0.2) is 0 Å². The van der Waals surface area contributed by atoms with Crippen molar-refractivity contribution in [2.45, 2.75) is 25.7 Å². The van der Waals surface area contributed by atoms with E-state index in [1.54, 1.807) is 18.5 Å². The summed E-state index contributed by atoms with van der Waals surface area (Å²) >= 11 is 5.88. The van der Waals surface area contributed by atoms with E-state index in [-0.39, 0.29) is 5.91 Å². The largest absolute Gasteiger partial charge is 0.330 e. The number of hydrogen-bond acceptors (Lipinski definition) is 3. The fourth-order valence-corrected chi connectivity index (χ4v) is 1.44. The molecule has 0 saturated heterocycles. The van der Waals surface area contributed by atoms with Gasteiger partial charge in [-0.25, -0.2) is 0 Å². The smallest absolute Gasteiger partial charge is 0.224 e. The predicted molar refractivity (Wildman–Crippen MR) is 65.4 cm³/mol. The van der Waals surface area contributed by atoms with Gasteiger partial charge in [-0.15, -0.1) is 0 Å². The van der Waals surface area contributed by atoms with Crippen LogP contribution in [0.15, 0.2) is 18.5 Å². The molecule has 88 valence electrons. The number of nitrogens with two attached hydrogens (primary N) is 1. The second-order valence-electron chi connectivity index (χ2n) is 3.50. The van der Waals surface area contributed by atoms with Crippen LogP contribution in [0.5, 0.6) is 0 Å². The van der Waals surface area contributed by atoms with Crippen molar-refractivity contribution < 1.29 is 4.79 Å². The number of amides is 1. The second-order valence-corrected chi connectivity index (χ2v) is 3.91. The van der Waals surface area contributed by atoms with Crippen LogP contribution < -0.4 is 11.1 Å². The lowest BCUT2D eigenvalue weighted by molar-refractivity contribution is -0.116. The van der Waals surface area contributed by atoms with Crippen molar-refractivity contribution in [1.29, 1.82) is 0 Å². The Morgan fingerprint density at radius 1 is 1.44 bits per heavy atom. The van der Waals surface area contributed by atoms with Gasteiger partial charge in [0.05, 0.1) is 16.9 Å². The molecule has 16 heavy (non-hydrogen) atoms. The van der Waals surface area contributed by atoms with E-state index in [1.807, 2.05) is 0 Å². The molecule has 1 heterocycles. The molecule has 0 aliphatic carbocycles. The van der Waals surface area contributed by atoms with Gasteiger partial charge in [-0.2, -0.15) is 0 Å². The Labute approximate surface area is 100 Å². The molecule has 0 aliphatic heterocycles. The molecule has 5 heteroatoms. The number of rotatable bonds is 6. The van der Waals surface area contributed by atoms with E-state index in [4.69, 9.17) is 17.3 Å². The number of anilines is 1. The fourth-order valence-electron chi connectivity index (χ4n) is 1.29. The number of carbonyl (C=O) groups is 1. The van der Waals surface area contributed by atoms with Crippen molar-refractivity contribution in [3.63, 3.8) is 0 Å². The molecule has 1 rings (SSSR count). The first kappa shape index (κ1) is 12.9. The highest BCUT2D eigenvalue weighted by Crippen LogP contribution is 2.19. The molecular formula is C11H16ClN3O. The van der Waals surface area contributed by atoms with E-state index in [0.717, 1.165) is 19.3 Å². The van der Waals surface area contributed by atoms with Crippen LogP contribution in [0.2, 0.25) is 5.02 Å². The standard InChI is InChI=1S/C11H16ClN3O/c12-9-5-7-14-8-10(9)15-11(16)4-2-1-3-6-13/h5,7-8H,1-4,6,13H2,(H,15,16). The van der Waals surface area contributed by atoms with Gasteiger partial charge < -0.3 is 11.1 Å².